The summed E-state index contributed by atoms with van der Waals surface area (Å²) >= 11 is 0. The fourth-order valence-electron chi connectivity index (χ4n) is 1.50. The number of para-hydroxylation sites is 2. The smallest absolute Gasteiger partial charge is 0.321 e. The van der Waals surface area contributed by atoms with Gasteiger partial charge < -0.3 is 15.4 Å². The molecule has 1 aromatic carbocycles. The number of rotatable bonds is 6. The largest absolute Gasteiger partial charge is 0.495 e. The first-order chi connectivity index (χ1) is 9.56. The van der Waals surface area contributed by atoms with Crippen molar-refractivity contribution in [1.82, 2.24) is 10.6 Å². The van der Waals surface area contributed by atoms with Crippen LogP contribution in [-0.2, 0) is 4.79 Å². The van der Waals surface area contributed by atoms with Crippen LogP contribution in [-0.4, -0.2) is 31.6 Å². The number of carbonyl (C=O) groups excluding carboxylic acids is 2. The fourth-order valence-corrected chi connectivity index (χ4v) is 1.50. The van der Waals surface area contributed by atoms with E-state index in [1.807, 2.05) is 26.0 Å². The molecule has 0 aliphatic rings. The van der Waals surface area contributed by atoms with Gasteiger partial charge in [0.25, 0.3) is 0 Å². The molecule has 1 rings (SSSR count). The van der Waals surface area contributed by atoms with E-state index in [1.54, 1.807) is 19.2 Å². The van der Waals surface area contributed by atoms with E-state index in [9.17, 15) is 9.59 Å². The Kier molecular flexibility index (Phi) is 6.36. The molecule has 0 saturated carbocycles. The Labute approximate surface area is 118 Å². The fraction of sp³-hybridized carbons (Fsp3) is 0.429. The first kappa shape index (κ1) is 15.8. The first-order valence-corrected chi connectivity index (χ1v) is 6.54. The van der Waals surface area contributed by atoms with Gasteiger partial charge in [-0.1, -0.05) is 19.1 Å². The van der Waals surface area contributed by atoms with E-state index in [1.165, 1.54) is 0 Å². The highest BCUT2D eigenvalue weighted by Gasteiger charge is 2.10. The highest BCUT2D eigenvalue weighted by molar-refractivity contribution is 5.96. The van der Waals surface area contributed by atoms with E-state index >= 15 is 0 Å². The van der Waals surface area contributed by atoms with Gasteiger partial charge in [-0.2, -0.15) is 0 Å². The number of hydrogen-bond donors (Lipinski definition) is 3. The minimum atomic E-state index is -0.480. The molecule has 0 aromatic heterocycles. The average Bonchev–Trinajstić information content (AvgIpc) is 2.45. The Morgan fingerprint density at radius 3 is 2.65 bits per heavy atom. The van der Waals surface area contributed by atoms with Crippen molar-refractivity contribution in [1.29, 1.82) is 0 Å². The van der Waals surface area contributed by atoms with Crippen LogP contribution in [0, 0.1) is 0 Å². The summed E-state index contributed by atoms with van der Waals surface area (Å²) in [7, 11) is 1.56. The number of urea groups is 1. The summed E-state index contributed by atoms with van der Waals surface area (Å²) in [6.07, 6.45) is 0.807. The normalized spacial score (nSPS) is 11.3. The number of methoxy groups -OCH3 is 1. The number of imide groups is 1. The number of amides is 3. The van der Waals surface area contributed by atoms with Crippen LogP contribution in [0.5, 0.6) is 5.75 Å². The maximum Gasteiger partial charge on any atom is 0.321 e. The summed E-state index contributed by atoms with van der Waals surface area (Å²) in [6.45, 7) is 3.82. The van der Waals surface area contributed by atoms with E-state index in [-0.39, 0.29) is 12.6 Å². The second-order valence-corrected chi connectivity index (χ2v) is 4.38. The highest BCUT2D eigenvalue weighted by Crippen LogP contribution is 2.22. The minimum absolute atomic E-state index is 0.00566. The maximum absolute atomic E-state index is 11.6. The average molecular weight is 279 g/mol. The van der Waals surface area contributed by atoms with Crippen LogP contribution in [0.25, 0.3) is 0 Å². The molecule has 3 N–H and O–H groups in total. The molecule has 6 nitrogen and oxygen atoms in total. The molecule has 3 amide bonds. The molecular formula is C14H21N3O3. The van der Waals surface area contributed by atoms with Gasteiger partial charge >= 0.3 is 6.03 Å². The van der Waals surface area contributed by atoms with Crippen molar-refractivity contribution in [3.63, 3.8) is 0 Å². The lowest BCUT2D eigenvalue weighted by Gasteiger charge is -2.13. The monoisotopic (exact) mass is 279 g/mol. The number of hydrogen-bond acceptors (Lipinski definition) is 4. The van der Waals surface area contributed by atoms with E-state index in [0.29, 0.717) is 11.4 Å². The van der Waals surface area contributed by atoms with E-state index in [4.69, 9.17) is 4.74 Å². The number of ether oxygens (including phenoxy) is 1. The lowest BCUT2D eigenvalue weighted by molar-refractivity contribution is -0.118. The van der Waals surface area contributed by atoms with Gasteiger partial charge in [0.2, 0.25) is 5.91 Å². The molecule has 0 aliphatic heterocycles. The summed E-state index contributed by atoms with van der Waals surface area (Å²) in [5.41, 5.74) is 0.701. The third-order valence-corrected chi connectivity index (χ3v) is 2.79. The van der Waals surface area contributed by atoms with Crippen molar-refractivity contribution in [2.45, 2.75) is 26.3 Å². The van der Waals surface area contributed by atoms with Crippen molar-refractivity contribution in [2.24, 2.45) is 0 Å². The Bertz CT molecular complexity index is 463. The van der Waals surface area contributed by atoms with Gasteiger partial charge in [0.15, 0.2) is 0 Å². The molecule has 0 saturated heterocycles. The van der Waals surface area contributed by atoms with Gasteiger partial charge in [0.1, 0.15) is 5.75 Å². The second kappa shape index (κ2) is 8.04. The van der Waals surface area contributed by atoms with Crippen LogP contribution in [0.1, 0.15) is 20.3 Å². The SMILES string of the molecule is CC[C@H](C)NC(=O)NC(=O)CNc1ccccc1OC. The predicted octanol–water partition coefficient (Wildman–Crippen LogP) is 1.73. The summed E-state index contributed by atoms with van der Waals surface area (Å²) in [5.74, 6) is 0.237. The minimum Gasteiger partial charge on any atom is -0.495 e. The van der Waals surface area contributed by atoms with Gasteiger partial charge in [0.05, 0.1) is 19.3 Å². The number of nitrogens with one attached hydrogen (secondary N) is 3. The van der Waals surface area contributed by atoms with Crippen LogP contribution in [0.2, 0.25) is 0 Å². The topological polar surface area (TPSA) is 79.5 Å². The maximum atomic E-state index is 11.6. The third kappa shape index (κ3) is 5.17. The molecule has 0 unspecified atom stereocenters. The van der Waals surface area contributed by atoms with Gasteiger partial charge in [-0.3, -0.25) is 10.1 Å². The predicted molar refractivity (Wildman–Crippen MR) is 77.9 cm³/mol. The Morgan fingerprint density at radius 2 is 2.00 bits per heavy atom. The lowest BCUT2D eigenvalue weighted by Crippen LogP contribution is -2.45. The standard InChI is InChI=1S/C14H21N3O3/c1-4-10(2)16-14(19)17-13(18)9-15-11-7-5-6-8-12(11)20-3/h5-8,10,15H,4,9H2,1-3H3,(H2,16,17,18,19)/t10-/m0/s1. The molecule has 0 spiro atoms. The van der Waals surface area contributed by atoms with Crippen LogP contribution < -0.4 is 20.7 Å². The molecule has 0 radical (unpaired) electrons. The van der Waals surface area contributed by atoms with Crippen LogP contribution in [0.4, 0.5) is 10.5 Å². The molecule has 6 heteroatoms. The number of carbonyl (C=O) groups is 2. The first-order valence-electron chi connectivity index (χ1n) is 6.54. The zero-order valence-corrected chi connectivity index (χ0v) is 12.0. The van der Waals surface area contributed by atoms with E-state index < -0.39 is 11.9 Å². The van der Waals surface area contributed by atoms with Crippen LogP contribution in [0.15, 0.2) is 24.3 Å². The van der Waals surface area contributed by atoms with Gasteiger partial charge in [-0.05, 0) is 25.5 Å². The Morgan fingerprint density at radius 1 is 1.30 bits per heavy atom. The molecule has 0 fully saturated rings. The van der Waals surface area contributed by atoms with Crippen molar-refractivity contribution in [2.75, 3.05) is 19.0 Å². The molecule has 0 aliphatic carbocycles. The quantitative estimate of drug-likeness (QED) is 0.741. The molecule has 20 heavy (non-hydrogen) atoms. The number of benzene rings is 1. The Hall–Kier alpha value is -2.24. The van der Waals surface area contributed by atoms with Crippen molar-refractivity contribution >= 4 is 17.6 Å². The van der Waals surface area contributed by atoms with Gasteiger partial charge in [0, 0.05) is 6.04 Å². The zero-order chi connectivity index (χ0) is 15.0. The highest BCUT2D eigenvalue weighted by atomic mass is 16.5. The third-order valence-electron chi connectivity index (χ3n) is 2.79. The molecule has 110 valence electrons. The molecule has 0 bridgehead atoms. The van der Waals surface area contributed by atoms with Crippen molar-refractivity contribution in [3.8, 4) is 5.75 Å². The summed E-state index contributed by atoms with van der Waals surface area (Å²) in [6, 6.07) is 6.81. The van der Waals surface area contributed by atoms with Crippen LogP contribution >= 0.6 is 0 Å². The molecule has 0 heterocycles. The molecule has 1 atom stereocenters. The Balaban J connectivity index is 2.41. The zero-order valence-electron chi connectivity index (χ0n) is 12.0. The summed E-state index contributed by atoms with van der Waals surface area (Å²) in [4.78, 5) is 23.1. The summed E-state index contributed by atoms with van der Waals surface area (Å²) in [5, 5.41) is 7.84. The lowest BCUT2D eigenvalue weighted by atomic mass is 10.3. The van der Waals surface area contributed by atoms with E-state index in [2.05, 4.69) is 16.0 Å². The van der Waals surface area contributed by atoms with Crippen molar-refractivity contribution < 1.29 is 14.3 Å². The van der Waals surface area contributed by atoms with Gasteiger partial charge in [-0.25, -0.2) is 4.79 Å². The summed E-state index contributed by atoms with van der Waals surface area (Å²) < 4.78 is 5.15. The molecule has 1 aromatic rings. The van der Waals surface area contributed by atoms with E-state index in [0.717, 1.165) is 6.42 Å². The second-order valence-electron chi connectivity index (χ2n) is 4.38. The van der Waals surface area contributed by atoms with Gasteiger partial charge in [-0.15, -0.1) is 0 Å². The van der Waals surface area contributed by atoms with Crippen LogP contribution in [0.3, 0.4) is 0 Å². The van der Waals surface area contributed by atoms with Crippen molar-refractivity contribution in [3.05, 3.63) is 24.3 Å². The number of anilines is 1. The molecular weight excluding hydrogens is 258 g/mol.